The fraction of sp³-hybridized carbons (Fsp3) is 0.406. The topological polar surface area (TPSA) is 105 Å². The van der Waals surface area contributed by atoms with Gasteiger partial charge in [-0.25, -0.2) is 4.79 Å². The van der Waals surface area contributed by atoms with Crippen LogP contribution in [0.5, 0.6) is 0 Å². The number of anilines is 1. The van der Waals surface area contributed by atoms with Crippen LogP contribution in [0.3, 0.4) is 0 Å². The first-order valence-corrected chi connectivity index (χ1v) is 14.0. The lowest BCUT2D eigenvalue weighted by molar-refractivity contribution is -0.138. The summed E-state index contributed by atoms with van der Waals surface area (Å²) in [5, 5.41) is 5.31. The highest BCUT2D eigenvalue weighted by atomic mass is 16.6. The number of amides is 3. The lowest BCUT2D eigenvalue weighted by atomic mass is 9.94. The van der Waals surface area contributed by atoms with E-state index in [4.69, 9.17) is 10.5 Å². The van der Waals surface area contributed by atoms with Crippen molar-refractivity contribution in [2.24, 2.45) is 5.92 Å². The van der Waals surface area contributed by atoms with Crippen molar-refractivity contribution in [1.82, 2.24) is 15.1 Å². The molecule has 5 rings (SSSR count). The SMILES string of the molecule is CC(C)(C)OC(=O)N1CCC(C(=O)N[C@H](Cc2ccc3ccccc3c2)C(=O)N2Cc3ccc(N)cc3C2)CC1. The van der Waals surface area contributed by atoms with Crippen LogP contribution in [-0.2, 0) is 33.8 Å². The maximum Gasteiger partial charge on any atom is 0.410 e. The van der Waals surface area contributed by atoms with Gasteiger partial charge in [0.2, 0.25) is 11.8 Å². The molecule has 1 saturated heterocycles. The summed E-state index contributed by atoms with van der Waals surface area (Å²) in [6.07, 6.45) is 1.08. The third-order valence-corrected chi connectivity index (χ3v) is 7.65. The quantitative estimate of drug-likeness (QED) is 0.457. The molecule has 2 aliphatic heterocycles. The summed E-state index contributed by atoms with van der Waals surface area (Å²) in [6, 6.07) is 19.3. The van der Waals surface area contributed by atoms with Crippen LogP contribution in [-0.4, -0.2) is 52.4 Å². The minimum atomic E-state index is -0.704. The number of nitrogens with zero attached hydrogens (tertiary/aromatic N) is 2. The molecular weight excluding hydrogens is 504 g/mol. The van der Waals surface area contributed by atoms with Gasteiger partial charge >= 0.3 is 6.09 Å². The van der Waals surface area contributed by atoms with Gasteiger partial charge < -0.3 is 25.6 Å². The Morgan fingerprint density at radius 1 is 0.925 bits per heavy atom. The van der Waals surface area contributed by atoms with Crippen LogP contribution in [0.1, 0.15) is 50.3 Å². The second kappa shape index (κ2) is 11.2. The molecule has 2 aliphatic rings. The third-order valence-electron chi connectivity index (χ3n) is 7.65. The molecular formula is C32H38N4O4. The summed E-state index contributed by atoms with van der Waals surface area (Å²) in [7, 11) is 0. The summed E-state index contributed by atoms with van der Waals surface area (Å²) in [5.74, 6) is -0.535. The Hall–Kier alpha value is -4.07. The number of nitrogens with two attached hydrogens (primary N) is 1. The Bertz CT molecular complexity index is 1420. The van der Waals surface area contributed by atoms with Gasteiger partial charge in [-0.3, -0.25) is 9.59 Å². The van der Waals surface area contributed by atoms with Gasteiger partial charge in [-0.15, -0.1) is 0 Å². The van der Waals surface area contributed by atoms with E-state index in [9.17, 15) is 14.4 Å². The number of hydrogen-bond donors (Lipinski definition) is 2. The highest BCUT2D eigenvalue weighted by Gasteiger charge is 2.34. The van der Waals surface area contributed by atoms with Crippen LogP contribution >= 0.6 is 0 Å². The molecule has 8 nitrogen and oxygen atoms in total. The van der Waals surface area contributed by atoms with Crippen molar-refractivity contribution in [1.29, 1.82) is 0 Å². The Balaban J connectivity index is 1.29. The van der Waals surface area contributed by atoms with Crippen molar-refractivity contribution in [3.8, 4) is 0 Å². The molecule has 3 aromatic rings. The van der Waals surface area contributed by atoms with Crippen LogP contribution in [0.4, 0.5) is 10.5 Å². The highest BCUT2D eigenvalue weighted by Crippen LogP contribution is 2.27. The predicted molar refractivity (Wildman–Crippen MR) is 155 cm³/mol. The van der Waals surface area contributed by atoms with E-state index in [2.05, 4.69) is 23.5 Å². The zero-order valence-corrected chi connectivity index (χ0v) is 23.5. The second-order valence-electron chi connectivity index (χ2n) is 11.9. The van der Waals surface area contributed by atoms with Gasteiger partial charge in [-0.1, -0.05) is 48.5 Å². The minimum absolute atomic E-state index is 0.109. The van der Waals surface area contributed by atoms with Crippen molar-refractivity contribution in [3.63, 3.8) is 0 Å². The molecule has 0 bridgehead atoms. The summed E-state index contributed by atoms with van der Waals surface area (Å²) >= 11 is 0. The molecule has 1 atom stereocenters. The first-order valence-electron chi connectivity index (χ1n) is 14.0. The number of likely N-dealkylation sites (tertiary alicyclic amines) is 1. The van der Waals surface area contributed by atoms with Crippen molar-refractivity contribution >= 4 is 34.4 Å². The van der Waals surface area contributed by atoms with Crippen LogP contribution in [0, 0.1) is 5.92 Å². The molecule has 0 spiro atoms. The van der Waals surface area contributed by atoms with E-state index < -0.39 is 11.6 Å². The zero-order valence-electron chi connectivity index (χ0n) is 23.5. The van der Waals surface area contributed by atoms with Crippen LogP contribution in [0.25, 0.3) is 10.8 Å². The fourth-order valence-electron chi connectivity index (χ4n) is 5.53. The van der Waals surface area contributed by atoms with Crippen LogP contribution in [0.2, 0.25) is 0 Å². The number of benzene rings is 3. The minimum Gasteiger partial charge on any atom is -0.444 e. The van der Waals surface area contributed by atoms with Gasteiger partial charge in [-0.05, 0) is 73.2 Å². The molecule has 8 heteroatoms. The normalized spacial score (nSPS) is 16.5. The number of ether oxygens (including phenoxy) is 1. The predicted octanol–water partition coefficient (Wildman–Crippen LogP) is 4.64. The number of nitrogen functional groups attached to an aromatic ring is 1. The lowest BCUT2D eigenvalue weighted by Crippen LogP contribution is -2.51. The number of rotatable bonds is 5. The van der Waals surface area contributed by atoms with Crippen molar-refractivity contribution < 1.29 is 19.1 Å². The van der Waals surface area contributed by atoms with Gasteiger partial charge in [-0.2, -0.15) is 0 Å². The van der Waals surface area contributed by atoms with E-state index in [0.717, 1.165) is 27.5 Å². The molecule has 3 aromatic carbocycles. The molecule has 0 saturated carbocycles. The van der Waals surface area contributed by atoms with Gasteiger partial charge in [0.25, 0.3) is 0 Å². The summed E-state index contributed by atoms with van der Waals surface area (Å²) < 4.78 is 5.49. The van der Waals surface area contributed by atoms with Crippen LogP contribution < -0.4 is 11.1 Å². The Kier molecular flexibility index (Phi) is 7.70. The van der Waals surface area contributed by atoms with Crippen molar-refractivity contribution in [2.75, 3.05) is 18.8 Å². The van der Waals surface area contributed by atoms with Gasteiger partial charge in [0, 0.05) is 44.2 Å². The zero-order chi connectivity index (χ0) is 28.4. The lowest BCUT2D eigenvalue weighted by Gasteiger charge is -2.33. The molecule has 40 heavy (non-hydrogen) atoms. The van der Waals surface area contributed by atoms with E-state index in [0.29, 0.717) is 51.1 Å². The molecule has 0 aromatic heterocycles. The van der Waals surface area contributed by atoms with Crippen molar-refractivity contribution in [3.05, 3.63) is 77.4 Å². The fourth-order valence-corrected chi connectivity index (χ4v) is 5.53. The number of fused-ring (bicyclic) bond motifs is 2. The molecule has 3 N–H and O–H groups in total. The molecule has 0 unspecified atom stereocenters. The van der Waals surface area contributed by atoms with Gasteiger partial charge in [0.05, 0.1) is 0 Å². The van der Waals surface area contributed by atoms with E-state index in [1.54, 1.807) is 9.80 Å². The van der Waals surface area contributed by atoms with Gasteiger partial charge in [0.15, 0.2) is 0 Å². The van der Waals surface area contributed by atoms with E-state index in [1.165, 1.54) is 0 Å². The Morgan fingerprint density at radius 2 is 1.62 bits per heavy atom. The van der Waals surface area contributed by atoms with Crippen molar-refractivity contribution in [2.45, 2.75) is 64.8 Å². The number of piperidine rings is 1. The Labute approximate surface area is 235 Å². The summed E-state index contributed by atoms with van der Waals surface area (Å²) in [4.78, 5) is 43.2. The Morgan fingerprint density at radius 3 is 2.35 bits per heavy atom. The largest absolute Gasteiger partial charge is 0.444 e. The first kappa shape index (κ1) is 27.5. The number of carbonyl (C=O) groups excluding carboxylic acids is 3. The monoisotopic (exact) mass is 542 g/mol. The molecule has 0 aliphatic carbocycles. The molecule has 1 fully saturated rings. The third kappa shape index (κ3) is 6.38. The molecule has 0 radical (unpaired) electrons. The number of hydrogen-bond acceptors (Lipinski definition) is 5. The van der Waals surface area contributed by atoms with Gasteiger partial charge in [0.1, 0.15) is 11.6 Å². The maximum absolute atomic E-state index is 13.9. The maximum atomic E-state index is 13.9. The summed E-state index contributed by atoms with van der Waals surface area (Å²) in [6.45, 7) is 7.37. The van der Waals surface area contributed by atoms with E-state index >= 15 is 0 Å². The summed E-state index contributed by atoms with van der Waals surface area (Å²) in [5.41, 5.74) is 9.18. The molecule has 210 valence electrons. The van der Waals surface area contributed by atoms with E-state index in [-0.39, 0.29) is 23.8 Å². The molecule has 3 amide bonds. The number of carbonyl (C=O) groups is 3. The van der Waals surface area contributed by atoms with Crippen LogP contribution in [0.15, 0.2) is 60.7 Å². The number of nitrogens with one attached hydrogen (secondary N) is 1. The second-order valence-corrected chi connectivity index (χ2v) is 11.9. The first-order chi connectivity index (χ1) is 19.1. The average Bonchev–Trinajstić information content (AvgIpc) is 3.34. The van der Waals surface area contributed by atoms with E-state index in [1.807, 2.05) is 63.2 Å². The molecule has 2 heterocycles. The standard InChI is InChI=1S/C32H38N4O4/c1-32(2,3)40-31(39)35-14-12-23(13-15-35)29(37)34-28(17-21-8-9-22-6-4-5-7-24(22)16-21)30(38)36-19-25-10-11-27(33)18-26(25)20-36/h4-11,16,18,23,28H,12-15,17,19-20,33H2,1-3H3,(H,34,37)/t28-/m1/s1. The smallest absolute Gasteiger partial charge is 0.410 e. The average molecular weight is 543 g/mol. The highest BCUT2D eigenvalue weighted by molar-refractivity contribution is 5.90.